The van der Waals surface area contributed by atoms with Crippen LogP contribution in [0.4, 0.5) is 4.39 Å². The SMILES string of the molecule is COc1ccc(S(=O)(=O)N2CCC(F)(C(=O)N[C@@H](C)/C=C\S(C)(=O)=O)CC2)c(-c2ccccc2C)c1. The van der Waals surface area contributed by atoms with Crippen LogP contribution >= 0.6 is 0 Å². The lowest BCUT2D eigenvalue weighted by Crippen LogP contribution is -2.53. The predicted octanol–water partition coefficient (Wildman–Crippen LogP) is 3.23. The highest BCUT2D eigenvalue weighted by molar-refractivity contribution is 7.93. The lowest BCUT2D eigenvalue weighted by Gasteiger charge is -2.35. The van der Waals surface area contributed by atoms with Crippen molar-refractivity contribution in [2.45, 2.75) is 43.3 Å². The topological polar surface area (TPSA) is 110 Å². The van der Waals surface area contributed by atoms with Crippen LogP contribution in [0.15, 0.2) is 58.8 Å². The van der Waals surface area contributed by atoms with E-state index < -0.39 is 37.5 Å². The van der Waals surface area contributed by atoms with Crippen molar-refractivity contribution in [2.75, 3.05) is 26.5 Å². The Kier molecular flexibility index (Phi) is 8.27. The summed E-state index contributed by atoms with van der Waals surface area (Å²) in [7, 11) is -5.89. The first-order valence-corrected chi connectivity index (χ1v) is 14.8. The molecule has 36 heavy (non-hydrogen) atoms. The fourth-order valence-electron chi connectivity index (χ4n) is 4.04. The Balaban J connectivity index is 1.81. The lowest BCUT2D eigenvalue weighted by molar-refractivity contribution is -0.135. The number of ether oxygens (including phenoxy) is 1. The van der Waals surface area contributed by atoms with Crippen LogP contribution < -0.4 is 10.1 Å². The van der Waals surface area contributed by atoms with Gasteiger partial charge in [0.15, 0.2) is 15.5 Å². The molecule has 0 unspecified atom stereocenters. The highest BCUT2D eigenvalue weighted by atomic mass is 32.2. The van der Waals surface area contributed by atoms with Crippen LogP contribution in [0.5, 0.6) is 5.75 Å². The van der Waals surface area contributed by atoms with Crippen LogP contribution in [0.3, 0.4) is 0 Å². The van der Waals surface area contributed by atoms with Gasteiger partial charge in [0.05, 0.1) is 12.0 Å². The van der Waals surface area contributed by atoms with Crippen molar-refractivity contribution in [1.82, 2.24) is 9.62 Å². The van der Waals surface area contributed by atoms with Crippen molar-refractivity contribution in [3.8, 4) is 16.9 Å². The average molecular weight is 539 g/mol. The number of rotatable bonds is 8. The molecular weight excluding hydrogens is 507 g/mol. The van der Waals surface area contributed by atoms with Crippen molar-refractivity contribution in [1.29, 1.82) is 0 Å². The molecule has 1 aliphatic rings. The number of nitrogens with one attached hydrogen (secondary N) is 1. The van der Waals surface area contributed by atoms with E-state index in [9.17, 15) is 21.6 Å². The third-order valence-corrected chi connectivity index (χ3v) is 8.74. The molecule has 0 aromatic heterocycles. The third-order valence-electron chi connectivity index (χ3n) is 6.13. The number of hydrogen-bond donors (Lipinski definition) is 1. The van der Waals surface area contributed by atoms with E-state index in [1.54, 1.807) is 12.1 Å². The van der Waals surface area contributed by atoms with Gasteiger partial charge in [-0.05, 0) is 43.2 Å². The van der Waals surface area contributed by atoms with Gasteiger partial charge in [-0.2, -0.15) is 4.31 Å². The maximum atomic E-state index is 15.5. The van der Waals surface area contributed by atoms with Crippen molar-refractivity contribution in [2.24, 2.45) is 0 Å². The first-order chi connectivity index (χ1) is 16.8. The van der Waals surface area contributed by atoms with E-state index in [-0.39, 0.29) is 30.8 Å². The zero-order valence-electron chi connectivity index (χ0n) is 20.7. The van der Waals surface area contributed by atoms with Crippen LogP contribution in [0.25, 0.3) is 11.1 Å². The predicted molar refractivity (Wildman–Crippen MR) is 137 cm³/mol. The molecule has 3 rings (SSSR count). The highest BCUT2D eigenvalue weighted by Crippen LogP contribution is 2.37. The molecule has 1 amide bonds. The Labute approximate surface area is 212 Å². The number of aryl methyl sites for hydroxylation is 1. The fourth-order valence-corrected chi connectivity index (χ4v) is 6.19. The summed E-state index contributed by atoms with van der Waals surface area (Å²) in [6.07, 6.45) is 1.62. The van der Waals surface area contributed by atoms with Gasteiger partial charge in [0, 0.05) is 49.2 Å². The number of halogens is 1. The fraction of sp³-hybridized carbons (Fsp3) is 0.400. The summed E-state index contributed by atoms with van der Waals surface area (Å²) in [6.45, 7) is 3.05. The smallest absolute Gasteiger partial charge is 0.258 e. The van der Waals surface area contributed by atoms with Crippen LogP contribution in [0.2, 0.25) is 0 Å². The summed E-state index contributed by atoms with van der Waals surface area (Å²) in [5, 5.41) is 3.39. The standard InChI is InChI=1S/C25H31FN2O6S2/c1-18-7-5-6-8-21(18)22-17-20(34-3)9-10-23(22)36(32,33)28-14-12-25(26,13-15-28)24(29)27-19(2)11-16-35(4,30)31/h5-11,16-17,19H,12-15H2,1-4H3,(H,27,29)/b16-11-/t19-/m0/s1. The lowest BCUT2D eigenvalue weighted by atomic mass is 9.93. The number of hydrogen-bond acceptors (Lipinski definition) is 6. The van der Waals surface area contributed by atoms with Crippen molar-refractivity contribution >= 4 is 25.8 Å². The number of sulfonamides is 1. The Bertz CT molecular complexity index is 1360. The number of nitrogens with zero attached hydrogens (tertiary/aromatic N) is 1. The Morgan fingerprint density at radius 3 is 2.33 bits per heavy atom. The van der Waals surface area contributed by atoms with Crippen LogP contribution in [0.1, 0.15) is 25.3 Å². The highest BCUT2D eigenvalue weighted by Gasteiger charge is 2.45. The summed E-state index contributed by atoms with van der Waals surface area (Å²) >= 11 is 0. The number of carbonyl (C=O) groups is 1. The zero-order valence-corrected chi connectivity index (χ0v) is 22.3. The second-order valence-electron chi connectivity index (χ2n) is 8.97. The number of piperidine rings is 1. The van der Waals surface area contributed by atoms with Crippen LogP contribution in [0, 0.1) is 6.92 Å². The summed E-state index contributed by atoms with van der Waals surface area (Å²) in [5.41, 5.74) is -0.159. The first-order valence-electron chi connectivity index (χ1n) is 11.4. The van der Waals surface area contributed by atoms with E-state index in [1.807, 2.05) is 31.2 Å². The monoisotopic (exact) mass is 538 g/mol. The van der Waals surface area contributed by atoms with Gasteiger partial charge in [-0.25, -0.2) is 21.2 Å². The van der Waals surface area contributed by atoms with Crippen molar-refractivity contribution in [3.05, 3.63) is 59.5 Å². The molecule has 1 aliphatic heterocycles. The number of sulfone groups is 1. The molecule has 1 fully saturated rings. The molecule has 1 atom stereocenters. The van der Waals surface area contributed by atoms with E-state index in [0.29, 0.717) is 11.3 Å². The van der Waals surface area contributed by atoms with E-state index in [1.165, 1.54) is 30.5 Å². The van der Waals surface area contributed by atoms with Gasteiger partial charge in [0.25, 0.3) is 5.91 Å². The molecule has 0 radical (unpaired) electrons. The van der Waals surface area contributed by atoms with Gasteiger partial charge in [-0.15, -0.1) is 0 Å². The summed E-state index contributed by atoms with van der Waals surface area (Å²) in [5.74, 6) is -0.389. The van der Waals surface area contributed by atoms with Gasteiger partial charge in [0.1, 0.15) is 5.75 Å². The van der Waals surface area contributed by atoms with Gasteiger partial charge >= 0.3 is 0 Å². The molecule has 8 nitrogen and oxygen atoms in total. The maximum Gasteiger partial charge on any atom is 0.258 e. The normalized spacial score (nSPS) is 17.6. The molecule has 196 valence electrons. The summed E-state index contributed by atoms with van der Waals surface area (Å²) in [6, 6.07) is 11.4. The number of benzene rings is 2. The minimum Gasteiger partial charge on any atom is -0.497 e. The second-order valence-corrected chi connectivity index (χ2v) is 12.8. The Morgan fingerprint density at radius 1 is 1.11 bits per heavy atom. The molecule has 0 aliphatic carbocycles. The molecule has 2 aromatic carbocycles. The van der Waals surface area contributed by atoms with E-state index in [0.717, 1.165) is 22.8 Å². The molecule has 11 heteroatoms. The van der Waals surface area contributed by atoms with Gasteiger partial charge in [-0.1, -0.05) is 30.3 Å². The molecular formula is C25H31FN2O6S2. The van der Waals surface area contributed by atoms with Crippen LogP contribution in [-0.2, 0) is 24.7 Å². The van der Waals surface area contributed by atoms with Gasteiger partial charge in [0.2, 0.25) is 10.0 Å². The first kappa shape index (κ1) is 27.8. The maximum absolute atomic E-state index is 15.5. The number of carbonyl (C=O) groups excluding carboxylic acids is 1. The average Bonchev–Trinajstić information content (AvgIpc) is 2.82. The molecule has 0 spiro atoms. The minimum absolute atomic E-state index is 0.0768. The zero-order chi connectivity index (χ0) is 26.7. The Morgan fingerprint density at radius 2 is 1.75 bits per heavy atom. The number of amides is 1. The van der Waals surface area contributed by atoms with Gasteiger partial charge < -0.3 is 10.1 Å². The van der Waals surface area contributed by atoms with E-state index in [4.69, 9.17) is 4.74 Å². The van der Waals surface area contributed by atoms with E-state index >= 15 is 4.39 Å². The third kappa shape index (κ3) is 6.32. The second kappa shape index (κ2) is 10.7. The Hall–Kier alpha value is -2.76. The van der Waals surface area contributed by atoms with Gasteiger partial charge in [-0.3, -0.25) is 4.79 Å². The molecule has 0 saturated carbocycles. The number of alkyl halides is 1. The number of methoxy groups -OCH3 is 1. The molecule has 1 N–H and O–H groups in total. The summed E-state index contributed by atoms with van der Waals surface area (Å²) in [4.78, 5) is 12.7. The largest absolute Gasteiger partial charge is 0.497 e. The minimum atomic E-state index is -4.00. The molecule has 2 aromatic rings. The molecule has 1 heterocycles. The molecule has 0 bridgehead atoms. The van der Waals surface area contributed by atoms with E-state index in [2.05, 4.69) is 5.32 Å². The molecule has 1 saturated heterocycles. The van der Waals surface area contributed by atoms with Crippen molar-refractivity contribution in [3.63, 3.8) is 0 Å². The quantitative estimate of drug-likeness (QED) is 0.553. The van der Waals surface area contributed by atoms with Crippen molar-refractivity contribution < 1.29 is 30.8 Å². The summed E-state index contributed by atoms with van der Waals surface area (Å²) < 4.78 is 71.7. The van der Waals surface area contributed by atoms with Crippen LogP contribution in [-0.4, -0.2) is 65.2 Å².